The first-order chi connectivity index (χ1) is 12.0. The number of ether oxygens (including phenoxy) is 1. The lowest BCUT2D eigenvalue weighted by Crippen LogP contribution is -2.34. The van der Waals surface area contributed by atoms with Gasteiger partial charge in [0.25, 0.3) is 0 Å². The minimum absolute atomic E-state index is 0.130. The van der Waals surface area contributed by atoms with Crippen LogP contribution in [0.2, 0.25) is 0 Å². The maximum atomic E-state index is 11.6. The third-order valence-corrected chi connectivity index (χ3v) is 5.83. The Morgan fingerprint density at radius 2 is 1.62 bits per heavy atom. The number of hydrogen-bond acceptors (Lipinski definition) is 2. The van der Waals surface area contributed by atoms with Gasteiger partial charge >= 0.3 is 5.97 Å². The number of carbonyl (C=O) groups excluding carboxylic acids is 1. The summed E-state index contributed by atoms with van der Waals surface area (Å²) in [7, 11) is 0. The van der Waals surface area contributed by atoms with E-state index in [1.807, 2.05) is 18.2 Å². The van der Waals surface area contributed by atoms with Crippen molar-refractivity contribution < 1.29 is 9.53 Å². The number of benzene rings is 2. The smallest absolute Gasteiger partial charge is 0.308 e. The first-order valence-electron chi connectivity index (χ1n) is 9.32. The van der Waals surface area contributed by atoms with Crippen LogP contribution >= 0.6 is 0 Å². The number of esters is 1. The van der Waals surface area contributed by atoms with Crippen molar-refractivity contribution >= 4 is 5.97 Å². The van der Waals surface area contributed by atoms with Crippen molar-refractivity contribution in [2.45, 2.75) is 65.2 Å². The number of fused-ring (bicyclic) bond motifs is 1. The summed E-state index contributed by atoms with van der Waals surface area (Å²) < 4.78 is 5.49. The molecule has 2 aromatic carbocycles. The second-order valence-corrected chi connectivity index (χ2v) is 8.86. The SMILES string of the molecule is [CH2]c1cccc(OC(C)=O)c1-c1cc2c(cc1C)C(C)(C)CCC2(C)C. The molecule has 1 aliphatic rings. The molecule has 0 bridgehead atoms. The molecule has 0 atom stereocenters. The van der Waals surface area contributed by atoms with Gasteiger partial charge in [-0.1, -0.05) is 45.9 Å². The minimum atomic E-state index is -0.311. The summed E-state index contributed by atoms with van der Waals surface area (Å²) in [5.41, 5.74) is 7.23. The van der Waals surface area contributed by atoms with Crippen molar-refractivity contribution in [2.75, 3.05) is 0 Å². The Balaban J connectivity index is 2.28. The van der Waals surface area contributed by atoms with Gasteiger partial charge in [-0.15, -0.1) is 0 Å². The zero-order chi connectivity index (χ0) is 19.3. The van der Waals surface area contributed by atoms with Crippen molar-refractivity contribution in [3.8, 4) is 16.9 Å². The molecule has 1 aliphatic carbocycles. The monoisotopic (exact) mass is 349 g/mol. The summed E-state index contributed by atoms with van der Waals surface area (Å²) in [6.45, 7) is 17.1. The fourth-order valence-electron chi connectivity index (χ4n) is 4.11. The van der Waals surface area contributed by atoms with Crippen LogP contribution in [0, 0.1) is 13.8 Å². The molecule has 0 aromatic heterocycles. The molecule has 0 spiro atoms. The quantitative estimate of drug-likeness (QED) is 0.482. The molecule has 2 nitrogen and oxygen atoms in total. The molecule has 3 rings (SSSR count). The number of aryl methyl sites for hydroxylation is 1. The fraction of sp³-hybridized carbons (Fsp3) is 0.417. The summed E-state index contributed by atoms with van der Waals surface area (Å²) in [6.07, 6.45) is 2.36. The maximum absolute atomic E-state index is 11.6. The van der Waals surface area contributed by atoms with Gasteiger partial charge in [-0.2, -0.15) is 0 Å². The van der Waals surface area contributed by atoms with E-state index in [2.05, 4.69) is 53.7 Å². The highest BCUT2D eigenvalue weighted by atomic mass is 16.5. The highest BCUT2D eigenvalue weighted by Crippen LogP contribution is 2.48. The van der Waals surface area contributed by atoms with E-state index in [0.717, 1.165) is 16.7 Å². The van der Waals surface area contributed by atoms with Crippen molar-refractivity contribution in [2.24, 2.45) is 0 Å². The lowest BCUT2D eigenvalue weighted by Gasteiger charge is -2.42. The van der Waals surface area contributed by atoms with Gasteiger partial charge in [0.05, 0.1) is 0 Å². The second kappa shape index (κ2) is 6.26. The Kier molecular flexibility index (Phi) is 4.50. The van der Waals surface area contributed by atoms with Crippen LogP contribution in [0.5, 0.6) is 5.75 Å². The van der Waals surface area contributed by atoms with Crippen molar-refractivity contribution in [1.29, 1.82) is 0 Å². The van der Waals surface area contributed by atoms with Gasteiger partial charge < -0.3 is 4.74 Å². The largest absolute Gasteiger partial charge is 0.426 e. The van der Waals surface area contributed by atoms with Crippen LogP contribution in [-0.2, 0) is 15.6 Å². The van der Waals surface area contributed by atoms with Gasteiger partial charge in [-0.05, 0) is 77.5 Å². The van der Waals surface area contributed by atoms with E-state index >= 15 is 0 Å². The Morgan fingerprint density at radius 1 is 1.04 bits per heavy atom. The Labute approximate surface area is 157 Å². The van der Waals surface area contributed by atoms with E-state index < -0.39 is 0 Å². The molecule has 2 heteroatoms. The molecule has 1 radical (unpaired) electrons. The highest BCUT2D eigenvalue weighted by molar-refractivity contribution is 5.81. The second-order valence-electron chi connectivity index (χ2n) is 8.86. The summed E-state index contributed by atoms with van der Waals surface area (Å²) in [6, 6.07) is 10.3. The lowest BCUT2D eigenvalue weighted by molar-refractivity contribution is -0.131. The van der Waals surface area contributed by atoms with E-state index in [4.69, 9.17) is 4.74 Å². The van der Waals surface area contributed by atoms with Gasteiger partial charge in [0.15, 0.2) is 0 Å². The first kappa shape index (κ1) is 18.7. The molecule has 0 aliphatic heterocycles. The summed E-state index contributed by atoms with van der Waals surface area (Å²) >= 11 is 0. The molecule has 137 valence electrons. The average Bonchev–Trinajstić information content (AvgIpc) is 2.52. The predicted molar refractivity (Wildman–Crippen MR) is 108 cm³/mol. The predicted octanol–water partition coefficient (Wildman–Crippen LogP) is 6.12. The van der Waals surface area contributed by atoms with Crippen molar-refractivity contribution in [3.63, 3.8) is 0 Å². The van der Waals surface area contributed by atoms with Gasteiger partial charge in [0, 0.05) is 12.5 Å². The van der Waals surface area contributed by atoms with Crippen LogP contribution < -0.4 is 4.74 Å². The van der Waals surface area contributed by atoms with E-state index in [1.54, 1.807) is 0 Å². The van der Waals surface area contributed by atoms with E-state index in [0.29, 0.717) is 5.75 Å². The third-order valence-electron chi connectivity index (χ3n) is 5.83. The standard InChI is InChI=1S/C24H29O2/c1-15-9-8-10-21(26-17(3)25)22(15)18-14-20-19(13-16(18)2)23(4,5)11-12-24(20,6)7/h8-10,13-14H,1,11-12H2,2-7H3. The first-order valence-corrected chi connectivity index (χ1v) is 9.32. The topological polar surface area (TPSA) is 26.3 Å². The number of hydrogen-bond donors (Lipinski definition) is 0. The third kappa shape index (κ3) is 3.18. The average molecular weight is 349 g/mol. The van der Waals surface area contributed by atoms with Crippen LogP contribution in [0.25, 0.3) is 11.1 Å². The molecule has 0 unspecified atom stereocenters. The van der Waals surface area contributed by atoms with Crippen LogP contribution in [-0.4, -0.2) is 5.97 Å². The summed E-state index contributed by atoms with van der Waals surface area (Å²) in [5, 5.41) is 0. The molecule has 2 aromatic rings. The summed E-state index contributed by atoms with van der Waals surface area (Å²) in [5.74, 6) is 0.273. The van der Waals surface area contributed by atoms with Gasteiger partial charge in [-0.3, -0.25) is 4.79 Å². The normalized spacial score (nSPS) is 17.5. The molecule has 0 N–H and O–H groups in total. The lowest BCUT2D eigenvalue weighted by atomic mass is 9.62. The zero-order valence-corrected chi connectivity index (χ0v) is 16.8. The van der Waals surface area contributed by atoms with E-state index in [9.17, 15) is 4.79 Å². The zero-order valence-electron chi connectivity index (χ0n) is 16.8. The van der Waals surface area contributed by atoms with Crippen molar-refractivity contribution in [3.05, 3.63) is 59.5 Å². The molecule has 0 fully saturated rings. The van der Waals surface area contributed by atoms with Crippen LogP contribution in [0.3, 0.4) is 0 Å². The molecular weight excluding hydrogens is 320 g/mol. The molecule has 0 amide bonds. The van der Waals surface area contributed by atoms with E-state index in [1.165, 1.54) is 36.5 Å². The van der Waals surface area contributed by atoms with Crippen molar-refractivity contribution in [1.82, 2.24) is 0 Å². The fourth-order valence-corrected chi connectivity index (χ4v) is 4.11. The highest BCUT2D eigenvalue weighted by Gasteiger charge is 2.37. The van der Waals surface area contributed by atoms with Gasteiger partial charge in [0.2, 0.25) is 0 Å². The summed E-state index contributed by atoms with van der Waals surface area (Å²) in [4.78, 5) is 11.6. The molecular formula is C24H29O2. The Bertz CT molecular complexity index is 872. The number of carbonyl (C=O) groups is 1. The maximum Gasteiger partial charge on any atom is 0.308 e. The number of rotatable bonds is 2. The van der Waals surface area contributed by atoms with Crippen LogP contribution in [0.1, 0.15) is 69.7 Å². The molecule has 0 saturated heterocycles. The molecule has 0 saturated carbocycles. The molecule has 0 heterocycles. The van der Waals surface area contributed by atoms with Crippen LogP contribution in [0.15, 0.2) is 30.3 Å². The van der Waals surface area contributed by atoms with Gasteiger partial charge in [-0.25, -0.2) is 0 Å². The Morgan fingerprint density at radius 3 is 2.19 bits per heavy atom. The van der Waals surface area contributed by atoms with Crippen LogP contribution in [0.4, 0.5) is 0 Å². The minimum Gasteiger partial charge on any atom is -0.426 e. The molecule has 26 heavy (non-hydrogen) atoms. The Hall–Kier alpha value is -2.09. The van der Waals surface area contributed by atoms with E-state index in [-0.39, 0.29) is 16.8 Å². The van der Waals surface area contributed by atoms with Gasteiger partial charge in [0.1, 0.15) is 5.75 Å².